The molecule has 14 heteroatoms. The van der Waals surface area contributed by atoms with Crippen LogP contribution in [0.4, 0.5) is 14.6 Å². The summed E-state index contributed by atoms with van der Waals surface area (Å²) in [6.07, 6.45) is 6.12. The van der Waals surface area contributed by atoms with Gasteiger partial charge in [0.25, 0.3) is 0 Å². The van der Waals surface area contributed by atoms with Crippen LogP contribution < -0.4 is 33.1 Å². The summed E-state index contributed by atoms with van der Waals surface area (Å²) in [5, 5.41) is 17.5. The van der Waals surface area contributed by atoms with Gasteiger partial charge in [0.1, 0.15) is 17.3 Å². The van der Waals surface area contributed by atoms with Crippen LogP contribution in [0.1, 0.15) is 37.3 Å². The van der Waals surface area contributed by atoms with Crippen LogP contribution in [0.3, 0.4) is 0 Å². The number of aromatic nitrogens is 4. The molecule has 0 radical (unpaired) electrons. The molecule has 0 amide bonds. The van der Waals surface area contributed by atoms with Gasteiger partial charge in [-0.2, -0.15) is 4.98 Å². The normalized spacial score (nSPS) is 12.6. The summed E-state index contributed by atoms with van der Waals surface area (Å²) in [6, 6.07) is 15.2. The molecule has 2 atom stereocenters. The first-order valence-corrected chi connectivity index (χ1v) is 16.1. The maximum atomic E-state index is 15.1. The number of aryl methyl sites for hydroxylation is 1. The zero-order chi connectivity index (χ0) is 34.2. The summed E-state index contributed by atoms with van der Waals surface area (Å²) >= 11 is 6.25. The lowest BCUT2D eigenvalue weighted by Gasteiger charge is -2.20. The Labute approximate surface area is 281 Å². The lowest BCUT2D eigenvalue weighted by atomic mass is 10.0. The van der Waals surface area contributed by atoms with E-state index in [0.717, 1.165) is 24.0 Å². The van der Waals surface area contributed by atoms with Gasteiger partial charge in [-0.05, 0) is 80.1 Å². The summed E-state index contributed by atoms with van der Waals surface area (Å²) in [6.45, 7) is 3.40. The molecule has 0 spiro atoms. The van der Waals surface area contributed by atoms with E-state index in [4.69, 9.17) is 28.5 Å². The fourth-order valence-electron chi connectivity index (χ4n) is 5.36. The maximum Gasteiger partial charge on any atom is 0.354 e. The predicted molar refractivity (Wildman–Crippen MR) is 187 cm³/mol. The first-order valence-electron chi connectivity index (χ1n) is 15.7. The van der Waals surface area contributed by atoms with E-state index in [0.29, 0.717) is 66.3 Å². The molecule has 5 aromatic rings. The molecule has 252 valence electrons. The number of pyridine rings is 1. The highest BCUT2D eigenvalue weighted by molar-refractivity contribution is 6.31. The Balaban J connectivity index is 1.29. The minimum absolute atomic E-state index is 0.0305. The summed E-state index contributed by atoms with van der Waals surface area (Å²) in [7, 11) is 0. The van der Waals surface area contributed by atoms with Crippen molar-refractivity contribution in [2.24, 2.45) is 11.5 Å². The lowest BCUT2D eigenvalue weighted by molar-refractivity contribution is 0.493. The predicted octanol–water partition coefficient (Wildman–Crippen LogP) is 4.82. The molecule has 0 aliphatic heterocycles. The van der Waals surface area contributed by atoms with Crippen LogP contribution in [0.15, 0.2) is 71.8 Å². The average molecular weight is 677 g/mol. The number of halogens is 3. The zero-order valence-electron chi connectivity index (χ0n) is 26.5. The molecule has 0 fully saturated rings. The molecule has 2 aromatic carbocycles. The number of benzene rings is 2. The standard InChI is InChI=1S/C34H39ClF2N10O/c1-20(38)3-2-4-22-13-27(31(37)28(35)14-22)29-15-23-19-47(34(48)46-32(23)45-29)26-7-5-21(6-8-26)17-43-25(10-12-42-33(39)40)18-44-30-16-24(36)9-11-41-30/h5-9,11,13-16,19-20,25,43H,2-4,10,12,17-18,38H2,1H3,(H,41,44)(H4,39,40,42)(H,45,46,48)/t20-,25+/m0/s1. The smallest absolute Gasteiger partial charge is 0.354 e. The van der Waals surface area contributed by atoms with Crippen LogP contribution in [0, 0.1) is 17.0 Å². The van der Waals surface area contributed by atoms with Crippen molar-refractivity contribution in [3.05, 3.63) is 105 Å². The van der Waals surface area contributed by atoms with Gasteiger partial charge in [-0.25, -0.2) is 18.6 Å². The zero-order valence-corrected chi connectivity index (χ0v) is 27.2. The number of aromatic amines is 1. The van der Waals surface area contributed by atoms with Gasteiger partial charge in [0.2, 0.25) is 0 Å². The number of anilines is 1. The van der Waals surface area contributed by atoms with Crippen LogP contribution in [-0.2, 0) is 13.0 Å². The Kier molecular flexibility index (Phi) is 11.4. The van der Waals surface area contributed by atoms with Gasteiger partial charge in [0.15, 0.2) is 11.8 Å². The third-order valence-corrected chi connectivity index (χ3v) is 8.16. The van der Waals surface area contributed by atoms with E-state index in [-0.39, 0.29) is 28.9 Å². The Morgan fingerprint density at radius 2 is 1.90 bits per heavy atom. The highest BCUT2D eigenvalue weighted by Crippen LogP contribution is 2.31. The summed E-state index contributed by atoms with van der Waals surface area (Å²) in [4.78, 5) is 24.5. The lowest BCUT2D eigenvalue weighted by Crippen LogP contribution is -2.40. The number of nitrogens with two attached hydrogens (primary N) is 2. The molecular formula is C34H39ClF2N10O. The molecule has 0 aliphatic carbocycles. The molecule has 5 rings (SSSR count). The Hall–Kier alpha value is -4.85. The van der Waals surface area contributed by atoms with Gasteiger partial charge in [-0.3, -0.25) is 9.98 Å². The molecule has 11 nitrogen and oxygen atoms in total. The van der Waals surface area contributed by atoms with Crippen molar-refractivity contribution in [2.45, 2.75) is 51.2 Å². The van der Waals surface area contributed by atoms with Crippen molar-refractivity contribution in [3.63, 3.8) is 0 Å². The van der Waals surface area contributed by atoms with Crippen LogP contribution in [0.2, 0.25) is 5.02 Å². The SMILES string of the molecule is C[C@H](N)CCCc1cc(Cl)c(F)c(-c2cc3cn(-c4ccc(CN[C@H](CCNC(=N)N)CNc5cc(F)ccn5)cc4)c(=O)nc3[nH]2)c1. The van der Waals surface area contributed by atoms with Crippen LogP contribution in [0.5, 0.6) is 0 Å². The number of guanidine groups is 1. The first kappa shape index (κ1) is 34.5. The minimum atomic E-state index is -0.544. The van der Waals surface area contributed by atoms with E-state index in [1.54, 1.807) is 24.4 Å². The van der Waals surface area contributed by atoms with E-state index < -0.39 is 11.5 Å². The third kappa shape index (κ3) is 9.15. The van der Waals surface area contributed by atoms with E-state index >= 15 is 4.39 Å². The minimum Gasteiger partial charge on any atom is -0.370 e. The second-order valence-corrected chi connectivity index (χ2v) is 12.2. The molecule has 3 aromatic heterocycles. The van der Waals surface area contributed by atoms with Crippen molar-refractivity contribution in [3.8, 4) is 16.9 Å². The number of hydrogen-bond acceptors (Lipinski definition) is 7. The molecule has 0 aliphatic rings. The first-order chi connectivity index (χ1) is 23.0. The van der Waals surface area contributed by atoms with Crippen molar-refractivity contribution >= 4 is 34.4 Å². The number of nitrogens with zero attached hydrogens (tertiary/aromatic N) is 3. The van der Waals surface area contributed by atoms with Gasteiger partial charge in [-0.1, -0.05) is 23.7 Å². The number of hydrogen-bond donors (Lipinski definition) is 7. The van der Waals surface area contributed by atoms with Crippen molar-refractivity contribution in [2.75, 3.05) is 18.4 Å². The highest BCUT2D eigenvalue weighted by atomic mass is 35.5. The topological polar surface area (TPSA) is 176 Å². The fourth-order valence-corrected chi connectivity index (χ4v) is 5.60. The number of H-pyrrole nitrogens is 1. The van der Waals surface area contributed by atoms with Gasteiger partial charge >= 0.3 is 5.69 Å². The summed E-state index contributed by atoms with van der Waals surface area (Å²) in [5.74, 6) is -0.615. The van der Waals surface area contributed by atoms with Gasteiger partial charge in [0, 0.05) is 61.1 Å². The second kappa shape index (κ2) is 15.8. The second-order valence-electron chi connectivity index (χ2n) is 11.8. The maximum absolute atomic E-state index is 15.1. The fraction of sp³-hybridized carbons (Fsp3) is 0.294. The largest absolute Gasteiger partial charge is 0.370 e. The monoisotopic (exact) mass is 676 g/mol. The van der Waals surface area contributed by atoms with E-state index in [2.05, 4.69) is 30.9 Å². The number of rotatable bonds is 15. The highest BCUT2D eigenvalue weighted by Gasteiger charge is 2.16. The average Bonchev–Trinajstić information content (AvgIpc) is 3.46. The van der Waals surface area contributed by atoms with Crippen LogP contribution >= 0.6 is 11.6 Å². The molecule has 0 bridgehead atoms. The van der Waals surface area contributed by atoms with E-state index in [1.165, 1.54) is 22.9 Å². The van der Waals surface area contributed by atoms with Gasteiger partial charge in [0.05, 0.1) is 16.4 Å². The van der Waals surface area contributed by atoms with Crippen LogP contribution in [-0.4, -0.2) is 50.7 Å². The van der Waals surface area contributed by atoms with Crippen LogP contribution in [0.25, 0.3) is 28.0 Å². The van der Waals surface area contributed by atoms with Crippen molar-refractivity contribution < 1.29 is 8.78 Å². The van der Waals surface area contributed by atoms with E-state index in [1.807, 2.05) is 31.2 Å². The molecule has 0 saturated heterocycles. The summed E-state index contributed by atoms with van der Waals surface area (Å²) < 4.78 is 30.2. The molecule has 3 heterocycles. The number of nitrogens with one attached hydrogen (secondary N) is 5. The molecule has 48 heavy (non-hydrogen) atoms. The third-order valence-electron chi connectivity index (χ3n) is 7.88. The molecule has 9 N–H and O–H groups in total. The Bertz CT molecular complexity index is 1930. The Morgan fingerprint density at radius 3 is 2.62 bits per heavy atom. The quantitative estimate of drug-likeness (QED) is 0.0610. The van der Waals surface area contributed by atoms with E-state index in [9.17, 15) is 9.18 Å². The van der Waals surface area contributed by atoms with Crippen molar-refractivity contribution in [1.29, 1.82) is 5.41 Å². The molecular weight excluding hydrogens is 638 g/mol. The summed E-state index contributed by atoms with van der Waals surface area (Å²) in [5.41, 5.74) is 14.4. The van der Waals surface area contributed by atoms with Gasteiger partial charge < -0.3 is 32.4 Å². The Morgan fingerprint density at radius 1 is 1.10 bits per heavy atom. The molecule has 0 unspecified atom stereocenters. The van der Waals surface area contributed by atoms with Crippen molar-refractivity contribution in [1.82, 2.24) is 30.2 Å². The number of fused-ring (bicyclic) bond motifs is 1. The molecule has 0 saturated carbocycles. The van der Waals surface area contributed by atoms with Gasteiger partial charge in [-0.15, -0.1) is 0 Å².